The third kappa shape index (κ3) is 2.76. The van der Waals surface area contributed by atoms with Gasteiger partial charge in [0.1, 0.15) is 0 Å². The molecule has 0 aromatic heterocycles. The summed E-state index contributed by atoms with van der Waals surface area (Å²) in [7, 11) is 0. The van der Waals surface area contributed by atoms with Crippen molar-refractivity contribution in [2.24, 2.45) is 5.41 Å². The second-order valence-corrected chi connectivity index (χ2v) is 6.47. The van der Waals surface area contributed by atoms with Gasteiger partial charge in [0.15, 0.2) is 0 Å². The van der Waals surface area contributed by atoms with Crippen LogP contribution in [0.3, 0.4) is 0 Å². The summed E-state index contributed by atoms with van der Waals surface area (Å²) in [5, 5.41) is 10.1. The highest BCUT2D eigenvalue weighted by Crippen LogP contribution is 2.24. The number of aliphatic hydroxyl groups excluding tert-OH is 1. The van der Waals surface area contributed by atoms with Gasteiger partial charge in [-0.1, -0.05) is 20.8 Å². The molecule has 0 radical (unpaired) electrons. The smallest absolute Gasteiger partial charge is 0.0715 e. The number of nitrogens with zero attached hydrogens (tertiary/aromatic N) is 2. The van der Waals surface area contributed by atoms with Gasteiger partial charge in [-0.15, -0.1) is 0 Å². The number of rotatable bonds is 2. The highest BCUT2D eigenvalue weighted by Gasteiger charge is 2.32. The molecule has 2 fully saturated rings. The van der Waals surface area contributed by atoms with Gasteiger partial charge >= 0.3 is 0 Å². The summed E-state index contributed by atoms with van der Waals surface area (Å²) in [6.45, 7) is 12.0. The van der Waals surface area contributed by atoms with Crippen molar-refractivity contribution >= 4 is 0 Å². The summed E-state index contributed by atoms with van der Waals surface area (Å²) in [6, 6.07) is 0.765. The van der Waals surface area contributed by atoms with E-state index in [9.17, 15) is 5.11 Å². The van der Waals surface area contributed by atoms with Crippen LogP contribution < -0.4 is 0 Å². The average molecular weight is 226 g/mol. The molecule has 0 aromatic rings. The highest BCUT2D eigenvalue weighted by atomic mass is 16.3. The number of piperazine rings is 1. The molecule has 0 spiro atoms. The minimum Gasteiger partial charge on any atom is -0.391 e. The van der Waals surface area contributed by atoms with E-state index in [1.807, 2.05) is 0 Å². The predicted octanol–water partition coefficient (Wildman–Crippen LogP) is 1.17. The van der Waals surface area contributed by atoms with Crippen molar-refractivity contribution in [3.63, 3.8) is 0 Å². The first-order valence-corrected chi connectivity index (χ1v) is 6.61. The van der Waals surface area contributed by atoms with Crippen molar-refractivity contribution in [2.45, 2.75) is 45.8 Å². The molecule has 3 heteroatoms. The second-order valence-electron chi connectivity index (χ2n) is 6.47. The van der Waals surface area contributed by atoms with Crippen molar-refractivity contribution in [2.75, 3.05) is 32.7 Å². The molecular weight excluding hydrogens is 200 g/mol. The molecule has 2 aliphatic rings. The van der Waals surface area contributed by atoms with Crippen molar-refractivity contribution in [1.29, 1.82) is 0 Å². The van der Waals surface area contributed by atoms with E-state index in [1.165, 1.54) is 25.9 Å². The van der Waals surface area contributed by atoms with Gasteiger partial charge in [-0.2, -0.15) is 0 Å². The van der Waals surface area contributed by atoms with Crippen LogP contribution in [0.5, 0.6) is 0 Å². The van der Waals surface area contributed by atoms with E-state index >= 15 is 0 Å². The SMILES string of the molecule is CC(C)(C)C(O)CN1CCN2CCCC2C1. The van der Waals surface area contributed by atoms with E-state index in [2.05, 4.69) is 30.6 Å². The van der Waals surface area contributed by atoms with Gasteiger partial charge < -0.3 is 5.11 Å². The number of fused-ring (bicyclic) bond motifs is 1. The lowest BCUT2D eigenvalue weighted by Crippen LogP contribution is -2.53. The number of β-amino-alcohol motifs (C(OH)–C–C–N with tert-alkyl or cyclic N) is 1. The molecule has 3 nitrogen and oxygen atoms in total. The Morgan fingerprint density at radius 2 is 2.00 bits per heavy atom. The standard InChI is InChI=1S/C13H26N2O/c1-13(2,3)12(16)10-14-7-8-15-6-4-5-11(15)9-14/h11-12,16H,4-10H2,1-3H3. The van der Waals surface area contributed by atoms with Crippen LogP contribution in [0.25, 0.3) is 0 Å². The van der Waals surface area contributed by atoms with Gasteiger partial charge in [-0.05, 0) is 24.8 Å². The van der Waals surface area contributed by atoms with Gasteiger partial charge in [-0.25, -0.2) is 0 Å². The maximum Gasteiger partial charge on any atom is 0.0715 e. The Bertz CT molecular complexity index is 237. The van der Waals surface area contributed by atoms with Crippen LogP contribution in [-0.4, -0.2) is 59.8 Å². The van der Waals surface area contributed by atoms with Crippen LogP contribution >= 0.6 is 0 Å². The van der Waals surface area contributed by atoms with Gasteiger partial charge in [0.25, 0.3) is 0 Å². The normalized spacial score (nSPS) is 30.4. The molecule has 2 heterocycles. The van der Waals surface area contributed by atoms with Crippen LogP contribution in [0, 0.1) is 5.41 Å². The Balaban J connectivity index is 1.83. The highest BCUT2D eigenvalue weighted by molar-refractivity contribution is 4.88. The Hall–Kier alpha value is -0.120. The summed E-state index contributed by atoms with van der Waals surface area (Å²) in [5.41, 5.74) is 0.00676. The zero-order valence-corrected chi connectivity index (χ0v) is 10.9. The average Bonchev–Trinajstić information content (AvgIpc) is 2.63. The molecule has 0 aromatic carbocycles. The number of aliphatic hydroxyl groups is 1. The van der Waals surface area contributed by atoms with Crippen molar-refractivity contribution in [1.82, 2.24) is 9.80 Å². The van der Waals surface area contributed by atoms with Crippen LogP contribution in [-0.2, 0) is 0 Å². The Morgan fingerprint density at radius 1 is 1.25 bits per heavy atom. The first kappa shape index (κ1) is 12.3. The molecular formula is C13H26N2O. The van der Waals surface area contributed by atoms with Crippen molar-refractivity contribution < 1.29 is 5.11 Å². The summed E-state index contributed by atoms with van der Waals surface area (Å²) in [5.74, 6) is 0. The van der Waals surface area contributed by atoms with E-state index < -0.39 is 0 Å². The molecule has 0 saturated carbocycles. The molecule has 2 atom stereocenters. The van der Waals surface area contributed by atoms with Gasteiger partial charge in [0.2, 0.25) is 0 Å². The second kappa shape index (κ2) is 4.63. The fourth-order valence-electron chi connectivity index (χ4n) is 2.74. The fraction of sp³-hybridized carbons (Fsp3) is 1.00. The molecule has 1 N–H and O–H groups in total. The zero-order chi connectivity index (χ0) is 11.8. The zero-order valence-electron chi connectivity index (χ0n) is 10.9. The molecule has 2 saturated heterocycles. The topological polar surface area (TPSA) is 26.7 Å². The lowest BCUT2D eigenvalue weighted by molar-refractivity contribution is 0.00622. The van der Waals surface area contributed by atoms with E-state index in [1.54, 1.807) is 0 Å². The summed E-state index contributed by atoms with van der Waals surface area (Å²) in [4.78, 5) is 5.06. The van der Waals surface area contributed by atoms with E-state index in [4.69, 9.17) is 0 Å². The third-order valence-electron chi connectivity index (χ3n) is 4.10. The number of hydrogen-bond acceptors (Lipinski definition) is 3. The van der Waals surface area contributed by atoms with Crippen LogP contribution in [0.4, 0.5) is 0 Å². The van der Waals surface area contributed by atoms with E-state index in [0.29, 0.717) is 0 Å². The third-order valence-corrected chi connectivity index (χ3v) is 4.10. The fourth-order valence-corrected chi connectivity index (χ4v) is 2.74. The summed E-state index contributed by atoms with van der Waals surface area (Å²) < 4.78 is 0. The minimum atomic E-state index is -0.208. The molecule has 2 rings (SSSR count). The Morgan fingerprint density at radius 3 is 2.69 bits per heavy atom. The quantitative estimate of drug-likeness (QED) is 0.766. The first-order chi connectivity index (χ1) is 7.47. The maximum absolute atomic E-state index is 10.1. The number of hydrogen-bond donors (Lipinski definition) is 1. The monoisotopic (exact) mass is 226 g/mol. The van der Waals surface area contributed by atoms with Gasteiger partial charge in [0, 0.05) is 32.2 Å². The molecule has 2 aliphatic heterocycles. The van der Waals surface area contributed by atoms with Gasteiger partial charge in [0.05, 0.1) is 6.10 Å². The lowest BCUT2D eigenvalue weighted by Gasteiger charge is -2.40. The summed E-state index contributed by atoms with van der Waals surface area (Å²) >= 11 is 0. The van der Waals surface area contributed by atoms with E-state index in [-0.39, 0.29) is 11.5 Å². The van der Waals surface area contributed by atoms with Crippen molar-refractivity contribution in [3.05, 3.63) is 0 Å². The predicted molar refractivity (Wildman–Crippen MR) is 66.5 cm³/mol. The molecule has 0 bridgehead atoms. The van der Waals surface area contributed by atoms with Crippen LogP contribution in [0.2, 0.25) is 0 Å². The van der Waals surface area contributed by atoms with Crippen molar-refractivity contribution in [3.8, 4) is 0 Å². The molecule has 0 amide bonds. The Labute approximate surface area is 99.4 Å². The largest absolute Gasteiger partial charge is 0.391 e. The van der Waals surface area contributed by atoms with Crippen LogP contribution in [0.1, 0.15) is 33.6 Å². The maximum atomic E-state index is 10.1. The molecule has 2 unspecified atom stereocenters. The van der Waals surface area contributed by atoms with Gasteiger partial charge in [-0.3, -0.25) is 9.80 Å². The summed E-state index contributed by atoms with van der Waals surface area (Å²) in [6.07, 6.45) is 2.50. The minimum absolute atomic E-state index is 0.00676. The molecule has 94 valence electrons. The first-order valence-electron chi connectivity index (χ1n) is 6.61. The molecule has 0 aliphatic carbocycles. The van der Waals surface area contributed by atoms with E-state index in [0.717, 1.165) is 25.7 Å². The lowest BCUT2D eigenvalue weighted by atomic mass is 9.88. The Kier molecular flexibility index (Phi) is 3.57. The molecule has 16 heavy (non-hydrogen) atoms. The van der Waals surface area contributed by atoms with Crippen LogP contribution in [0.15, 0.2) is 0 Å².